The topological polar surface area (TPSA) is 174 Å². The van der Waals surface area contributed by atoms with Crippen molar-refractivity contribution in [3.8, 4) is 12.1 Å². The number of rotatable bonds is 0. The third kappa shape index (κ3) is 13.6. The van der Waals surface area contributed by atoms with Gasteiger partial charge in [0.25, 0.3) is 0 Å². The lowest BCUT2D eigenvalue weighted by molar-refractivity contribution is -0.193. The number of alkyl halides is 6. The lowest BCUT2D eigenvalue weighted by atomic mass is 10.1. The molecular formula is C16H22F6N4O4. The molecule has 0 radical (unpaired) electrons. The van der Waals surface area contributed by atoms with Crippen LogP contribution in [0.15, 0.2) is 0 Å². The van der Waals surface area contributed by atoms with Gasteiger partial charge in [0.2, 0.25) is 0 Å². The maximum absolute atomic E-state index is 10.6. The highest BCUT2D eigenvalue weighted by molar-refractivity contribution is 5.73. The molecule has 0 aliphatic heterocycles. The number of nitrogens with two attached hydrogens (primary N) is 2. The molecule has 2 fully saturated rings. The van der Waals surface area contributed by atoms with E-state index in [9.17, 15) is 26.3 Å². The number of nitrogens with zero attached hydrogens (tertiary/aromatic N) is 2. The second kappa shape index (κ2) is 13.6. The fourth-order valence-corrected chi connectivity index (χ4v) is 2.30. The highest BCUT2D eigenvalue weighted by atomic mass is 19.4. The molecule has 2 aliphatic carbocycles. The molecule has 0 aromatic rings. The fourth-order valence-electron chi connectivity index (χ4n) is 2.30. The number of halogens is 6. The van der Waals surface area contributed by atoms with Gasteiger partial charge in [-0.3, -0.25) is 0 Å². The van der Waals surface area contributed by atoms with Gasteiger partial charge in [0, 0.05) is 12.1 Å². The minimum Gasteiger partial charge on any atom is -0.475 e. The second-order valence-corrected chi connectivity index (χ2v) is 6.27. The summed E-state index contributed by atoms with van der Waals surface area (Å²) in [6, 6.07) is 4.71. The molecule has 14 heteroatoms. The molecule has 0 spiro atoms. The third-order valence-corrected chi connectivity index (χ3v) is 3.96. The predicted molar refractivity (Wildman–Crippen MR) is 89.2 cm³/mol. The van der Waals surface area contributed by atoms with Gasteiger partial charge in [0.05, 0.1) is 24.0 Å². The molecule has 8 nitrogen and oxygen atoms in total. The van der Waals surface area contributed by atoms with Crippen molar-refractivity contribution in [1.82, 2.24) is 0 Å². The Bertz CT molecular complexity index is 573. The first kappa shape index (κ1) is 29.6. The average Bonchev–Trinajstić information content (AvgIpc) is 3.22. The first-order chi connectivity index (χ1) is 13.6. The van der Waals surface area contributed by atoms with Gasteiger partial charge in [-0.25, -0.2) is 9.59 Å². The van der Waals surface area contributed by atoms with Crippen molar-refractivity contribution in [1.29, 1.82) is 10.5 Å². The molecule has 0 aromatic carbocycles. The lowest BCUT2D eigenvalue weighted by Crippen LogP contribution is -2.22. The standard InChI is InChI=1S/2C6H10N2.2C2HF3O2/c2*7-4-5-2-1-3-6(5)8;2*3-2(4,5)1(6)7/h2*5-6H,1-3,8H2;2*(H,6,7)/t2*5-,6-;;/m10../s1. The molecule has 2 saturated carbocycles. The van der Waals surface area contributed by atoms with E-state index in [0.29, 0.717) is 0 Å². The molecule has 6 N–H and O–H groups in total. The maximum atomic E-state index is 10.6. The molecule has 2 rings (SSSR count). The van der Waals surface area contributed by atoms with Gasteiger partial charge in [0.15, 0.2) is 0 Å². The van der Waals surface area contributed by atoms with Gasteiger partial charge in [0.1, 0.15) is 0 Å². The zero-order chi connectivity index (χ0) is 24.1. The second-order valence-electron chi connectivity index (χ2n) is 6.27. The van der Waals surface area contributed by atoms with E-state index in [2.05, 4.69) is 12.1 Å². The predicted octanol–water partition coefficient (Wildman–Crippen LogP) is 2.54. The summed E-state index contributed by atoms with van der Waals surface area (Å²) in [4.78, 5) is 17.8. The van der Waals surface area contributed by atoms with Crippen LogP contribution in [0.5, 0.6) is 0 Å². The maximum Gasteiger partial charge on any atom is 0.490 e. The molecule has 30 heavy (non-hydrogen) atoms. The Kier molecular flexibility index (Phi) is 13.4. The van der Waals surface area contributed by atoms with Crippen molar-refractivity contribution in [2.45, 2.75) is 63.0 Å². The first-order valence-electron chi connectivity index (χ1n) is 8.48. The van der Waals surface area contributed by atoms with Crippen molar-refractivity contribution < 1.29 is 46.1 Å². The van der Waals surface area contributed by atoms with Crippen LogP contribution in [0, 0.1) is 34.5 Å². The number of carboxylic acid groups (broad SMARTS) is 2. The van der Waals surface area contributed by atoms with Crippen molar-refractivity contribution >= 4 is 11.9 Å². The fraction of sp³-hybridized carbons (Fsp3) is 0.750. The molecular weight excluding hydrogens is 426 g/mol. The summed E-state index contributed by atoms with van der Waals surface area (Å²) in [5.74, 6) is -5.22. The summed E-state index contributed by atoms with van der Waals surface area (Å²) in [6.07, 6.45) is -3.79. The Morgan fingerprint density at radius 1 is 0.733 bits per heavy atom. The van der Waals surface area contributed by atoms with Crippen LogP contribution in [0.4, 0.5) is 26.3 Å². The van der Waals surface area contributed by atoms with Gasteiger partial charge in [-0.05, 0) is 25.7 Å². The van der Waals surface area contributed by atoms with Crippen molar-refractivity contribution in [2.24, 2.45) is 23.3 Å². The van der Waals surface area contributed by atoms with Crippen LogP contribution < -0.4 is 11.5 Å². The Balaban J connectivity index is 0. The summed E-state index contributed by atoms with van der Waals surface area (Å²) in [7, 11) is 0. The Morgan fingerprint density at radius 2 is 0.967 bits per heavy atom. The molecule has 0 amide bonds. The molecule has 2 aliphatic rings. The quantitative estimate of drug-likeness (QED) is 0.409. The van der Waals surface area contributed by atoms with E-state index >= 15 is 0 Å². The van der Waals surface area contributed by atoms with Gasteiger partial charge in [-0.2, -0.15) is 36.9 Å². The SMILES string of the molecule is N#C[C@@H]1CCC[C@@H]1N.N#C[C@H]1CCC[C@H]1N.O=C(O)C(F)(F)F.O=C(O)C(F)(F)F. The summed E-state index contributed by atoms with van der Waals surface area (Å²) in [5, 5.41) is 31.1. The monoisotopic (exact) mass is 448 g/mol. The Labute approximate surface area is 168 Å². The Morgan fingerprint density at radius 3 is 1.03 bits per heavy atom. The first-order valence-corrected chi connectivity index (χ1v) is 8.48. The summed E-state index contributed by atoms with van der Waals surface area (Å²) < 4.78 is 63.5. The van der Waals surface area contributed by atoms with Crippen molar-refractivity contribution in [3.05, 3.63) is 0 Å². The van der Waals surface area contributed by atoms with E-state index in [1.165, 1.54) is 0 Å². The van der Waals surface area contributed by atoms with Gasteiger partial charge < -0.3 is 21.7 Å². The largest absolute Gasteiger partial charge is 0.490 e. The van der Waals surface area contributed by atoms with Crippen LogP contribution in [-0.2, 0) is 9.59 Å². The van der Waals surface area contributed by atoms with Crippen LogP contribution in [-0.4, -0.2) is 46.6 Å². The number of carboxylic acids is 2. The number of hydrogen-bond donors (Lipinski definition) is 4. The molecule has 172 valence electrons. The van der Waals surface area contributed by atoms with E-state index in [0.717, 1.165) is 38.5 Å². The van der Waals surface area contributed by atoms with Crippen LogP contribution in [0.25, 0.3) is 0 Å². The zero-order valence-corrected chi connectivity index (χ0v) is 15.6. The van der Waals surface area contributed by atoms with Crippen LogP contribution in [0.3, 0.4) is 0 Å². The smallest absolute Gasteiger partial charge is 0.475 e. The molecule has 0 saturated heterocycles. The third-order valence-electron chi connectivity index (χ3n) is 3.96. The minimum atomic E-state index is -5.08. The number of carbonyl (C=O) groups is 2. The van der Waals surface area contributed by atoms with E-state index < -0.39 is 24.3 Å². The van der Waals surface area contributed by atoms with E-state index in [-0.39, 0.29) is 23.9 Å². The summed E-state index contributed by atoms with van der Waals surface area (Å²) in [6.45, 7) is 0. The molecule has 0 aromatic heterocycles. The minimum absolute atomic E-state index is 0.148. The average molecular weight is 448 g/mol. The number of hydrogen-bond acceptors (Lipinski definition) is 6. The van der Waals surface area contributed by atoms with Gasteiger partial charge >= 0.3 is 24.3 Å². The van der Waals surface area contributed by atoms with Gasteiger partial charge in [-0.1, -0.05) is 12.8 Å². The molecule has 4 atom stereocenters. The van der Waals surface area contributed by atoms with Crippen LogP contribution >= 0.6 is 0 Å². The summed E-state index contributed by atoms with van der Waals surface area (Å²) in [5.41, 5.74) is 11.1. The van der Waals surface area contributed by atoms with Crippen LogP contribution in [0.1, 0.15) is 38.5 Å². The number of aliphatic carboxylic acids is 2. The van der Waals surface area contributed by atoms with Crippen LogP contribution in [0.2, 0.25) is 0 Å². The van der Waals surface area contributed by atoms with E-state index in [4.69, 9.17) is 41.8 Å². The summed E-state index contributed by atoms with van der Waals surface area (Å²) >= 11 is 0. The van der Waals surface area contributed by atoms with Gasteiger partial charge in [-0.15, -0.1) is 0 Å². The Hall–Kier alpha value is -2.58. The molecule has 0 bridgehead atoms. The normalized spacial score (nSPS) is 25.0. The molecule has 0 heterocycles. The highest BCUT2D eigenvalue weighted by Gasteiger charge is 2.38. The lowest BCUT2D eigenvalue weighted by Gasteiger charge is -2.02. The number of nitriles is 2. The van der Waals surface area contributed by atoms with Crippen molar-refractivity contribution in [2.75, 3.05) is 0 Å². The van der Waals surface area contributed by atoms with Crippen molar-refractivity contribution in [3.63, 3.8) is 0 Å². The highest BCUT2D eigenvalue weighted by Crippen LogP contribution is 2.23. The molecule has 0 unspecified atom stereocenters. The van der Waals surface area contributed by atoms with E-state index in [1.54, 1.807) is 0 Å². The van der Waals surface area contributed by atoms with E-state index in [1.807, 2.05) is 0 Å². The zero-order valence-electron chi connectivity index (χ0n) is 15.6.